The third-order valence-electron chi connectivity index (χ3n) is 8.40. The Morgan fingerprint density at radius 2 is 2.08 bits per heavy atom. The summed E-state index contributed by atoms with van der Waals surface area (Å²) in [6.45, 7) is 13.0. The van der Waals surface area contributed by atoms with Gasteiger partial charge >= 0.3 is 6.01 Å². The number of anilines is 1. The molecule has 1 N–H and O–H groups in total. The van der Waals surface area contributed by atoms with Crippen molar-refractivity contribution in [1.29, 1.82) is 0 Å². The number of rotatable bonds is 6. The van der Waals surface area contributed by atoms with Crippen LogP contribution in [0.15, 0.2) is 31.0 Å². The van der Waals surface area contributed by atoms with E-state index in [-0.39, 0.29) is 24.1 Å². The molecule has 2 saturated heterocycles. The molecule has 3 aromatic rings. The fraction of sp³-hybridized carbons (Fsp3) is 0.517. The number of fused-ring (bicyclic) bond motifs is 2. The van der Waals surface area contributed by atoms with E-state index in [1.54, 1.807) is 4.90 Å². The lowest BCUT2D eigenvalue weighted by molar-refractivity contribution is -0.126. The van der Waals surface area contributed by atoms with Gasteiger partial charge in [0, 0.05) is 42.7 Å². The van der Waals surface area contributed by atoms with Crippen LogP contribution in [0.2, 0.25) is 0 Å². The van der Waals surface area contributed by atoms with E-state index in [1.807, 2.05) is 19.2 Å². The Kier molecular flexibility index (Phi) is 6.99. The van der Waals surface area contributed by atoms with Crippen molar-refractivity contribution in [1.82, 2.24) is 30.0 Å². The van der Waals surface area contributed by atoms with E-state index in [0.717, 1.165) is 41.4 Å². The van der Waals surface area contributed by atoms with Crippen LogP contribution in [0, 0.1) is 6.92 Å². The van der Waals surface area contributed by atoms with Gasteiger partial charge in [-0.2, -0.15) is 15.1 Å². The molecule has 0 saturated carbocycles. The number of amides is 1. The monoisotopic (exact) mass is 547 g/mol. The van der Waals surface area contributed by atoms with E-state index in [9.17, 15) is 4.79 Å². The molecule has 0 bridgehead atoms. The first-order valence-electron chi connectivity index (χ1n) is 14.0. The van der Waals surface area contributed by atoms with E-state index in [2.05, 4.69) is 53.5 Å². The molecule has 40 heavy (non-hydrogen) atoms. The normalized spacial score (nSPS) is 24.9. The van der Waals surface area contributed by atoms with Gasteiger partial charge in [-0.3, -0.25) is 9.89 Å². The zero-order chi connectivity index (χ0) is 28.0. The van der Waals surface area contributed by atoms with Gasteiger partial charge in [-0.05, 0) is 64.9 Å². The molecule has 0 spiro atoms. The highest BCUT2D eigenvalue weighted by Gasteiger charge is 2.39. The lowest BCUT2D eigenvalue weighted by Crippen LogP contribution is -2.54. The van der Waals surface area contributed by atoms with Gasteiger partial charge in [-0.25, -0.2) is 0 Å². The van der Waals surface area contributed by atoms with Gasteiger partial charge in [0.05, 0.1) is 11.7 Å². The summed E-state index contributed by atoms with van der Waals surface area (Å²) in [5, 5.41) is 8.29. The Morgan fingerprint density at radius 3 is 2.83 bits per heavy atom. The maximum Gasteiger partial charge on any atom is 0.322 e. The van der Waals surface area contributed by atoms with Crippen molar-refractivity contribution < 1.29 is 19.0 Å². The molecule has 212 valence electrons. The molecule has 0 radical (unpaired) electrons. The number of nitrogens with one attached hydrogen (secondary N) is 1. The standard InChI is InChI=1S/C29H37N7O4/c1-6-23(37)35-12-13-36(18(3)15-35)27-26-28(32-29(31-27)38-16-20-8-7-11-34(20)5)40-25(19(4)39-26)24-17(2)9-10-22-21(24)14-30-33-22/h6,9-10,14,18-20,25H,1,7-8,11-13,15-16H2,2-5H3,(H,30,33)/t18-,19-,20-,25?/m0/s1. The van der Waals surface area contributed by atoms with Crippen LogP contribution in [0.25, 0.3) is 10.9 Å². The van der Waals surface area contributed by atoms with E-state index >= 15 is 0 Å². The number of carbonyl (C=O) groups excluding carboxylic acids is 1. The number of likely N-dealkylation sites (tertiary alicyclic amines) is 1. The zero-order valence-corrected chi connectivity index (χ0v) is 23.6. The number of nitrogens with zero attached hydrogens (tertiary/aromatic N) is 6. The summed E-state index contributed by atoms with van der Waals surface area (Å²) in [4.78, 5) is 28.1. The summed E-state index contributed by atoms with van der Waals surface area (Å²) in [5.74, 6) is 1.42. The van der Waals surface area contributed by atoms with Gasteiger partial charge < -0.3 is 28.9 Å². The Hall–Kier alpha value is -3.86. The Morgan fingerprint density at radius 1 is 1.23 bits per heavy atom. The number of benzene rings is 1. The van der Waals surface area contributed by atoms with E-state index < -0.39 is 6.10 Å². The van der Waals surface area contributed by atoms with Crippen molar-refractivity contribution in [3.8, 4) is 17.6 Å². The molecule has 1 amide bonds. The average Bonchev–Trinajstić information content (AvgIpc) is 3.59. The number of aromatic nitrogens is 4. The lowest BCUT2D eigenvalue weighted by Gasteiger charge is -2.42. The quantitative estimate of drug-likeness (QED) is 0.465. The van der Waals surface area contributed by atoms with E-state index in [0.29, 0.717) is 49.7 Å². The molecule has 1 unspecified atom stereocenters. The zero-order valence-electron chi connectivity index (χ0n) is 23.6. The second kappa shape index (κ2) is 10.6. The SMILES string of the molecule is C=CC(=O)N1CCN(c2nc(OC[C@@H]3CCCN3C)nc3c2O[C@@H](C)C(c2c(C)ccc4[nH]ncc24)O3)[C@@H](C)C1. The molecule has 5 heterocycles. The van der Waals surface area contributed by atoms with Crippen LogP contribution in [0.1, 0.15) is 43.9 Å². The fourth-order valence-electron chi connectivity index (χ4n) is 6.09. The van der Waals surface area contributed by atoms with Crippen molar-refractivity contribution in [2.45, 2.75) is 57.9 Å². The number of H-pyrrole nitrogens is 1. The molecule has 3 aliphatic heterocycles. The topological polar surface area (TPSA) is 109 Å². The molecule has 11 heteroatoms. The van der Waals surface area contributed by atoms with Crippen LogP contribution in [-0.4, -0.2) is 93.9 Å². The molecule has 4 atom stereocenters. The third-order valence-corrected chi connectivity index (χ3v) is 8.40. The van der Waals surface area contributed by atoms with Crippen LogP contribution in [0.5, 0.6) is 17.6 Å². The highest BCUT2D eigenvalue weighted by atomic mass is 16.6. The van der Waals surface area contributed by atoms with Crippen molar-refractivity contribution in [2.24, 2.45) is 0 Å². The highest BCUT2D eigenvalue weighted by molar-refractivity contribution is 5.87. The van der Waals surface area contributed by atoms with Gasteiger partial charge in [0.25, 0.3) is 5.88 Å². The smallest absolute Gasteiger partial charge is 0.322 e. The molecular weight excluding hydrogens is 510 g/mol. The molecule has 11 nitrogen and oxygen atoms in total. The van der Waals surface area contributed by atoms with Crippen molar-refractivity contribution in [3.63, 3.8) is 0 Å². The van der Waals surface area contributed by atoms with Crippen LogP contribution in [0.4, 0.5) is 5.82 Å². The molecule has 2 aromatic heterocycles. The van der Waals surface area contributed by atoms with Crippen molar-refractivity contribution in [2.75, 3.05) is 44.7 Å². The maximum absolute atomic E-state index is 12.3. The van der Waals surface area contributed by atoms with Crippen LogP contribution in [0.3, 0.4) is 0 Å². The second-order valence-electron chi connectivity index (χ2n) is 11.1. The first-order valence-corrected chi connectivity index (χ1v) is 14.0. The second-order valence-corrected chi connectivity index (χ2v) is 11.1. The van der Waals surface area contributed by atoms with Gasteiger partial charge in [-0.1, -0.05) is 12.6 Å². The van der Waals surface area contributed by atoms with E-state index in [1.165, 1.54) is 6.08 Å². The Balaban J connectivity index is 1.36. The molecular formula is C29H37N7O4. The number of likely N-dealkylation sites (N-methyl/N-ethyl adjacent to an activating group) is 1. The van der Waals surface area contributed by atoms with Gasteiger partial charge in [-0.15, -0.1) is 0 Å². The first kappa shape index (κ1) is 26.4. The lowest BCUT2D eigenvalue weighted by atomic mass is 9.95. The van der Waals surface area contributed by atoms with Gasteiger partial charge in [0.15, 0.2) is 11.9 Å². The van der Waals surface area contributed by atoms with E-state index in [4.69, 9.17) is 24.2 Å². The number of piperazine rings is 1. The van der Waals surface area contributed by atoms with Crippen LogP contribution >= 0.6 is 0 Å². The number of hydrogen-bond donors (Lipinski definition) is 1. The predicted molar refractivity (Wildman–Crippen MR) is 151 cm³/mol. The number of ether oxygens (including phenoxy) is 3. The summed E-state index contributed by atoms with van der Waals surface area (Å²) in [5.41, 5.74) is 3.05. The number of carbonyl (C=O) groups is 1. The summed E-state index contributed by atoms with van der Waals surface area (Å²) in [6, 6.07) is 4.66. The molecule has 1 aromatic carbocycles. The highest BCUT2D eigenvalue weighted by Crippen LogP contribution is 2.46. The van der Waals surface area contributed by atoms with Gasteiger partial charge in [0.2, 0.25) is 11.7 Å². The maximum atomic E-state index is 12.3. The molecule has 2 fully saturated rings. The number of aryl methyl sites for hydroxylation is 1. The largest absolute Gasteiger partial charge is 0.478 e. The minimum atomic E-state index is -0.398. The van der Waals surface area contributed by atoms with Crippen LogP contribution < -0.4 is 19.1 Å². The predicted octanol–water partition coefficient (Wildman–Crippen LogP) is 3.26. The average molecular weight is 548 g/mol. The van der Waals surface area contributed by atoms with Crippen molar-refractivity contribution in [3.05, 3.63) is 42.1 Å². The van der Waals surface area contributed by atoms with Crippen LogP contribution in [-0.2, 0) is 4.79 Å². The minimum absolute atomic E-state index is 0.0102. The Labute approximate surface area is 234 Å². The van der Waals surface area contributed by atoms with Crippen molar-refractivity contribution >= 4 is 22.6 Å². The fourth-order valence-corrected chi connectivity index (χ4v) is 6.09. The molecule has 0 aliphatic carbocycles. The third kappa shape index (κ3) is 4.72. The Bertz CT molecular complexity index is 1420. The molecule has 6 rings (SSSR count). The molecule has 3 aliphatic rings. The summed E-state index contributed by atoms with van der Waals surface area (Å²) in [7, 11) is 2.12. The number of aromatic amines is 1. The minimum Gasteiger partial charge on any atom is -0.478 e. The first-order chi connectivity index (χ1) is 19.3. The van der Waals surface area contributed by atoms with Gasteiger partial charge in [0.1, 0.15) is 12.7 Å². The summed E-state index contributed by atoms with van der Waals surface area (Å²) in [6.07, 6.45) is 4.71. The summed E-state index contributed by atoms with van der Waals surface area (Å²) < 4.78 is 19.4. The number of hydrogen-bond acceptors (Lipinski definition) is 9. The summed E-state index contributed by atoms with van der Waals surface area (Å²) >= 11 is 0.